The summed E-state index contributed by atoms with van der Waals surface area (Å²) in [6, 6.07) is 0. The summed E-state index contributed by atoms with van der Waals surface area (Å²) in [6.07, 6.45) is 2.49. The summed E-state index contributed by atoms with van der Waals surface area (Å²) in [4.78, 5) is 11.3. The molecule has 0 saturated carbocycles. The van der Waals surface area contributed by atoms with E-state index in [1.165, 1.54) is 13.2 Å². The molecule has 0 heterocycles. The number of ether oxygens (including phenoxy) is 1. The molecule has 1 amide bonds. The van der Waals surface area contributed by atoms with E-state index in [2.05, 4.69) is 11.9 Å². The van der Waals surface area contributed by atoms with Gasteiger partial charge in [0.05, 0.1) is 19.4 Å². The van der Waals surface area contributed by atoms with Crippen LogP contribution in [0.3, 0.4) is 0 Å². The Morgan fingerprint density at radius 1 is 1.56 bits per heavy atom. The molecule has 7 heteroatoms. The van der Waals surface area contributed by atoms with Crippen LogP contribution in [0, 0.1) is 0 Å². The molecule has 0 saturated heterocycles. The lowest BCUT2D eigenvalue weighted by molar-refractivity contribution is -0.121. The van der Waals surface area contributed by atoms with E-state index in [1.54, 1.807) is 0 Å². The van der Waals surface area contributed by atoms with Crippen LogP contribution in [0.15, 0.2) is 12.7 Å². The Morgan fingerprint density at radius 3 is 2.62 bits per heavy atom. The average Bonchev–Trinajstić information content (AvgIpc) is 2.16. The predicted molar refractivity (Wildman–Crippen MR) is 61.5 cm³/mol. The van der Waals surface area contributed by atoms with Crippen molar-refractivity contribution < 1.29 is 17.9 Å². The molecule has 0 atom stereocenters. The van der Waals surface area contributed by atoms with Gasteiger partial charge in [0.15, 0.2) is 0 Å². The van der Waals surface area contributed by atoms with Gasteiger partial charge in [0, 0.05) is 20.2 Å². The molecule has 0 fully saturated rings. The number of amides is 1. The number of nitrogens with zero attached hydrogens (tertiary/aromatic N) is 1. The van der Waals surface area contributed by atoms with Gasteiger partial charge >= 0.3 is 0 Å². The molecule has 0 bridgehead atoms. The van der Waals surface area contributed by atoms with Gasteiger partial charge in [0.25, 0.3) is 0 Å². The SMILES string of the molecule is C=CCN(CC(=O)NCCOC)S(C)(=O)=O. The van der Waals surface area contributed by atoms with E-state index in [0.717, 1.165) is 10.6 Å². The third-order valence-corrected chi connectivity index (χ3v) is 2.97. The summed E-state index contributed by atoms with van der Waals surface area (Å²) in [5.74, 6) is -0.357. The smallest absolute Gasteiger partial charge is 0.235 e. The van der Waals surface area contributed by atoms with Crippen LogP contribution in [0.5, 0.6) is 0 Å². The van der Waals surface area contributed by atoms with E-state index in [1.807, 2.05) is 0 Å². The van der Waals surface area contributed by atoms with Crippen molar-refractivity contribution in [3.8, 4) is 0 Å². The van der Waals surface area contributed by atoms with Crippen LogP contribution in [-0.4, -0.2) is 58.2 Å². The van der Waals surface area contributed by atoms with Crippen molar-refractivity contribution in [1.82, 2.24) is 9.62 Å². The van der Waals surface area contributed by atoms with Crippen molar-refractivity contribution in [2.45, 2.75) is 0 Å². The van der Waals surface area contributed by atoms with Gasteiger partial charge in [-0.25, -0.2) is 8.42 Å². The Kier molecular flexibility index (Phi) is 6.95. The molecule has 94 valence electrons. The number of carbonyl (C=O) groups is 1. The van der Waals surface area contributed by atoms with E-state index in [-0.39, 0.29) is 19.0 Å². The molecule has 0 aliphatic heterocycles. The fourth-order valence-corrected chi connectivity index (χ4v) is 1.70. The number of carbonyl (C=O) groups excluding carboxylic acids is 1. The highest BCUT2D eigenvalue weighted by Gasteiger charge is 2.18. The maximum atomic E-state index is 11.3. The van der Waals surface area contributed by atoms with Crippen molar-refractivity contribution >= 4 is 15.9 Å². The quantitative estimate of drug-likeness (QED) is 0.452. The first-order chi connectivity index (χ1) is 7.41. The molecule has 0 radical (unpaired) electrons. The maximum absolute atomic E-state index is 11.3. The monoisotopic (exact) mass is 250 g/mol. The van der Waals surface area contributed by atoms with Gasteiger partial charge in [-0.15, -0.1) is 6.58 Å². The number of sulfonamides is 1. The van der Waals surface area contributed by atoms with E-state index in [4.69, 9.17) is 4.74 Å². The second kappa shape index (κ2) is 7.37. The zero-order chi connectivity index (χ0) is 12.6. The lowest BCUT2D eigenvalue weighted by Crippen LogP contribution is -2.41. The summed E-state index contributed by atoms with van der Waals surface area (Å²) in [6.45, 7) is 4.12. The van der Waals surface area contributed by atoms with Crippen molar-refractivity contribution in [2.75, 3.05) is 39.6 Å². The van der Waals surface area contributed by atoms with Crippen LogP contribution in [0.4, 0.5) is 0 Å². The van der Waals surface area contributed by atoms with Crippen LogP contribution >= 0.6 is 0 Å². The van der Waals surface area contributed by atoms with Crippen molar-refractivity contribution in [3.63, 3.8) is 0 Å². The Balaban J connectivity index is 4.19. The molecule has 0 aromatic heterocycles. The Labute approximate surface area is 96.3 Å². The predicted octanol–water partition coefficient (Wildman–Crippen LogP) is -0.803. The van der Waals surface area contributed by atoms with Gasteiger partial charge < -0.3 is 10.1 Å². The standard InChI is InChI=1S/C9H18N2O4S/c1-4-6-11(16(3,13)14)8-9(12)10-5-7-15-2/h4H,1,5-8H2,2-3H3,(H,10,12). The largest absolute Gasteiger partial charge is 0.383 e. The number of hydrogen-bond acceptors (Lipinski definition) is 4. The van der Waals surface area contributed by atoms with Crippen molar-refractivity contribution in [2.24, 2.45) is 0 Å². The molecule has 0 aliphatic carbocycles. The van der Waals surface area contributed by atoms with Gasteiger partial charge in [0.1, 0.15) is 0 Å². The number of rotatable bonds is 8. The normalized spacial score (nSPS) is 11.4. The van der Waals surface area contributed by atoms with Crippen LogP contribution in [0.1, 0.15) is 0 Å². The second-order valence-corrected chi connectivity index (χ2v) is 5.17. The third-order valence-electron chi connectivity index (χ3n) is 1.75. The van der Waals surface area contributed by atoms with Gasteiger partial charge in [0.2, 0.25) is 15.9 Å². The fourth-order valence-electron chi connectivity index (χ4n) is 0.970. The lowest BCUT2D eigenvalue weighted by Gasteiger charge is -2.17. The Morgan fingerprint density at radius 2 is 2.19 bits per heavy atom. The molecule has 0 rings (SSSR count). The fraction of sp³-hybridized carbons (Fsp3) is 0.667. The second-order valence-electron chi connectivity index (χ2n) is 3.19. The molecular formula is C9H18N2O4S. The first kappa shape index (κ1) is 15.1. The Bertz CT molecular complexity index is 326. The van der Waals surface area contributed by atoms with E-state index in [9.17, 15) is 13.2 Å². The van der Waals surface area contributed by atoms with Crippen LogP contribution in [0.2, 0.25) is 0 Å². The zero-order valence-electron chi connectivity index (χ0n) is 9.60. The van der Waals surface area contributed by atoms with Crippen LogP contribution in [0.25, 0.3) is 0 Å². The molecular weight excluding hydrogens is 232 g/mol. The highest BCUT2D eigenvalue weighted by molar-refractivity contribution is 7.88. The first-order valence-electron chi connectivity index (χ1n) is 4.73. The zero-order valence-corrected chi connectivity index (χ0v) is 10.4. The summed E-state index contributed by atoms with van der Waals surface area (Å²) in [7, 11) is -1.86. The van der Waals surface area contributed by atoms with Gasteiger partial charge in [-0.1, -0.05) is 6.08 Å². The van der Waals surface area contributed by atoms with Crippen LogP contribution in [-0.2, 0) is 19.6 Å². The van der Waals surface area contributed by atoms with Crippen molar-refractivity contribution in [3.05, 3.63) is 12.7 Å². The highest BCUT2D eigenvalue weighted by Crippen LogP contribution is 1.96. The first-order valence-corrected chi connectivity index (χ1v) is 6.58. The topological polar surface area (TPSA) is 75.7 Å². The molecule has 0 unspecified atom stereocenters. The summed E-state index contributed by atoms with van der Waals surface area (Å²) in [5.41, 5.74) is 0. The van der Waals surface area contributed by atoms with E-state index in [0.29, 0.717) is 13.2 Å². The molecule has 0 aliphatic rings. The number of nitrogens with one attached hydrogen (secondary N) is 1. The summed E-state index contributed by atoms with van der Waals surface area (Å²) in [5, 5.41) is 2.54. The van der Waals surface area contributed by atoms with Gasteiger partial charge in [-0.3, -0.25) is 4.79 Å². The van der Waals surface area contributed by atoms with E-state index >= 15 is 0 Å². The Hall–Kier alpha value is -0.920. The molecule has 6 nitrogen and oxygen atoms in total. The van der Waals surface area contributed by atoms with E-state index < -0.39 is 10.0 Å². The van der Waals surface area contributed by atoms with Crippen molar-refractivity contribution in [1.29, 1.82) is 0 Å². The lowest BCUT2D eigenvalue weighted by atomic mass is 10.5. The minimum absolute atomic E-state index is 0.122. The minimum atomic E-state index is -3.38. The van der Waals surface area contributed by atoms with Gasteiger partial charge in [-0.05, 0) is 0 Å². The highest BCUT2D eigenvalue weighted by atomic mass is 32.2. The molecule has 1 N–H and O–H groups in total. The molecule has 0 aromatic carbocycles. The maximum Gasteiger partial charge on any atom is 0.235 e. The van der Waals surface area contributed by atoms with Crippen LogP contribution < -0.4 is 5.32 Å². The third kappa shape index (κ3) is 6.54. The molecule has 16 heavy (non-hydrogen) atoms. The summed E-state index contributed by atoms with van der Waals surface area (Å²) < 4.78 is 28.3. The van der Waals surface area contributed by atoms with Gasteiger partial charge in [-0.2, -0.15) is 4.31 Å². The number of methoxy groups -OCH3 is 1. The minimum Gasteiger partial charge on any atom is -0.383 e. The molecule has 0 spiro atoms. The number of hydrogen-bond donors (Lipinski definition) is 1. The molecule has 0 aromatic rings. The average molecular weight is 250 g/mol. The summed E-state index contributed by atoms with van der Waals surface area (Å²) >= 11 is 0.